The number of ether oxygens (including phenoxy) is 1. The van der Waals surface area contributed by atoms with Crippen molar-refractivity contribution in [1.29, 1.82) is 0 Å². The fraction of sp³-hybridized carbons (Fsp3) is 0.0625. The van der Waals surface area contributed by atoms with Crippen LogP contribution in [0.15, 0.2) is 57.9 Å². The van der Waals surface area contributed by atoms with E-state index < -0.39 is 11.5 Å². The van der Waals surface area contributed by atoms with Gasteiger partial charge in [-0.3, -0.25) is 4.79 Å². The Morgan fingerprint density at radius 3 is 2.82 bits per heavy atom. The van der Waals surface area contributed by atoms with Crippen molar-refractivity contribution < 1.29 is 13.9 Å². The third-order valence-electron chi connectivity index (χ3n) is 3.10. The molecule has 0 saturated heterocycles. The van der Waals surface area contributed by atoms with Gasteiger partial charge in [-0.15, -0.1) is 0 Å². The quantitative estimate of drug-likeness (QED) is 0.751. The van der Waals surface area contributed by atoms with Crippen LogP contribution in [0.1, 0.15) is 10.4 Å². The number of rotatable bonds is 3. The van der Waals surface area contributed by atoms with Crippen molar-refractivity contribution >= 4 is 22.7 Å². The first-order chi connectivity index (χ1) is 10.7. The van der Waals surface area contributed by atoms with Crippen LogP contribution in [0.3, 0.4) is 0 Å². The molecule has 6 heteroatoms. The molecule has 1 amide bonds. The minimum atomic E-state index is -0.605. The van der Waals surface area contributed by atoms with Crippen molar-refractivity contribution in [3.8, 4) is 5.75 Å². The normalized spacial score (nSPS) is 10.4. The number of carbonyl (C=O) groups excluding carboxylic acids is 1. The summed E-state index contributed by atoms with van der Waals surface area (Å²) >= 11 is 0. The molecular weight excluding hydrogens is 284 g/mol. The highest BCUT2D eigenvalue weighted by atomic mass is 16.5. The molecule has 110 valence electrons. The molecule has 0 saturated carbocycles. The highest BCUT2D eigenvalue weighted by molar-refractivity contribution is 6.11. The van der Waals surface area contributed by atoms with Gasteiger partial charge in [-0.2, -0.15) is 0 Å². The van der Waals surface area contributed by atoms with Gasteiger partial charge in [0.05, 0.1) is 12.7 Å². The summed E-state index contributed by atoms with van der Waals surface area (Å²) in [6, 6.07) is 11.2. The average Bonchev–Trinajstić information content (AvgIpc) is 2.54. The van der Waals surface area contributed by atoms with E-state index in [9.17, 15) is 9.59 Å². The maximum atomic E-state index is 12.4. The van der Waals surface area contributed by atoms with Gasteiger partial charge in [0.2, 0.25) is 0 Å². The zero-order valence-electron chi connectivity index (χ0n) is 11.7. The van der Waals surface area contributed by atoms with Gasteiger partial charge in [-0.05, 0) is 24.3 Å². The van der Waals surface area contributed by atoms with Gasteiger partial charge in [-0.1, -0.05) is 6.07 Å². The molecule has 2 aromatic heterocycles. The maximum absolute atomic E-state index is 12.4. The summed E-state index contributed by atoms with van der Waals surface area (Å²) in [6.07, 6.45) is 1.57. The molecule has 0 unspecified atom stereocenters. The first-order valence-corrected chi connectivity index (χ1v) is 6.51. The maximum Gasteiger partial charge on any atom is 0.337 e. The Morgan fingerprint density at radius 2 is 2.09 bits per heavy atom. The molecule has 0 atom stereocenters. The predicted molar refractivity (Wildman–Crippen MR) is 81.2 cm³/mol. The van der Waals surface area contributed by atoms with Gasteiger partial charge >= 0.3 is 5.63 Å². The largest absolute Gasteiger partial charge is 0.497 e. The molecule has 0 aliphatic heterocycles. The number of carbonyl (C=O) groups is 1. The van der Waals surface area contributed by atoms with E-state index >= 15 is 0 Å². The van der Waals surface area contributed by atoms with Crippen molar-refractivity contribution in [3.05, 3.63) is 64.6 Å². The number of fused-ring (bicyclic) bond motifs is 1. The number of hydrogen-bond acceptors (Lipinski definition) is 5. The van der Waals surface area contributed by atoms with E-state index in [4.69, 9.17) is 9.15 Å². The standard InChI is InChI=1S/C16H12N2O4/c1-21-10-5-6-11-12(9-15(19)22-13(11)8-10)16(20)18-14-4-2-3-7-17-14/h2-9H,1H3,(H,17,18,20). The molecule has 3 rings (SSSR count). The second-order valence-electron chi connectivity index (χ2n) is 4.51. The van der Waals surface area contributed by atoms with Gasteiger partial charge in [0, 0.05) is 23.7 Å². The molecule has 1 N–H and O–H groups in total. The summed E-state index contributed by atoms with van der Waals surface area (Å²) in [5.74, 6) is 0.516. The molecule has 3 aromatic rings. The van der Waals surface area contributed by atoms with Crippen molar-refractivity contribution in [2.24, 2.45) is 0 Å². The van der Waals surface area contributed by atoms with Crippen LogP contribution in [-0.4, -0.2) is 18.0 Å². The van der Waals surface area contributed by atoms with Crippen molar-refractivity contribution in [3.63, 3.8) is 0 Å². The highest BCUT2D eigenvalue weighted by Crippen LogP contribution is 2.23. The van der Waals surface area contributed by atoms with E-state index in [2.05, 4.69) is 10.3 Å². The van der Waals surface area contributed by atoms with Crippen LogP contribution < -0.4 is 15.7 Å². The number of aromatic nitrogens is 1. The number of hydrogen-bond donors (Lipinski definition) is 1. The van der Waals surface area contributed by atoms with Crippen molar-refractivity contribution in [1.82, 2.24) is 4.98 Å². The molecule has 0 bridgehead atoms. The van der Waals surface area contributed by atoms with Crippen LogP contribution in [0.25, 0.3) is 11.0 Å². The van der Waals surface area contributed by atoms with Gasteiger partial charge in [0.15, 0.2) is 0 Å². The highest BCUT2D eigenvalue weighted by Gasteiger charge is 2.14. The summed E-state index contributed by atoms with van der Waals surface area (Å²) in [5.41, 5.74) is -0.0931. The lowest BCUT2D eigenvalue weighted by atomic mass is 10.1. The van der Waals surface area contributed by atoms with Crippen molar-refractivity contribution in [2.45, 2.75) is 0 Å². The molecular formula is C16H12N2O4. The van der Waals surface area contributed by atoms with E-state index in [1.807, 2.05) is 0 Å². The Morgan fingerprint density at radius 1 is 1.23 bits per heavy atom. The third-order valence-corrected chi connectivity index (χ3v) is 3.10. The topological polar surface area (TPSA) is 81.4 Å². The van der Waals surface area contributed by atoms with Gasteiger partial charge in [-0.25, -0.2) is 9.78 Å². The van der Waals surface area contributed by atoms with E-state index in [1.165, 1.54) is 7.11 Å². The van der Waals surface area contributed by atoms with Crippen molar-refractivity contribution in [2.75, 3.05) is 12.4 Å². The predicted octanol–water partition coefficient (Wildman–Crippen LogP) is 2.45. The summed E-state index contributed by atoms with van der Waals surface area (Å²) < 4.78 is 10.2. The fourth-order valence-electron chi connectivity index (χ4n) is 2.08. The number of pyridine rings is 1. The Balaban J connectivity index is 2.06. The number of benzene rings is 1. The van der Waals surface area contributed by atoms with E-state index in [1.54, 1.807) is 42.6 Å². The summed E-state index contributed by atoms with van der Waals surface area (Å²) in [5, 5.41) is 3.17. The minimum Gasteiger partial charge on any atom is -0.497 e. The van der Waals surface area contributed by atoms with Crippen LogP contribution in [-0.2, 0) is 0 Å². The second-order valence-corrected chi connectivity index (χ2v) is 4.51. The number of nitrogens with zero attached hydrogens (tertiary/aromatic N) is 1. The second kappa shape index (κ2) is 5.69. The van der Waals surface area contributed by atoms with Gasteiger partial charge in [0.1, 0.15) is 17.2 Å². The molecule has 0 aliphatic rings. The average molecular weight is 296 g/mol. The molecule has 0 fully saturated rings. The number of anilines is 1. The minimum absolute atomic E-state index is 0.222. The van der Waals surface area contributed by atoms with Gasteiger partial charge in [0.25, 0.3) is 5.91 Å². The summed E-state index contributed by atoms with van der Waals surface area (Å²) in [6.45, 7) is 0. The van der Waals surface area contributed by atoms with Crippen LogP contribution >= 0.6 is 0 Å². The third kappa shape index (κ3) is 2.67. The lowest BCUT2D eigenvalue weighted by Crippen LogP contribution is -2.15. The number of nitrogens with one attached hydrogen (secondary N) is 1. The zero-order valence-corrected chi connectivity index (χ0v) is 11.7. The molecule has 0 aliphatic carbocycles. The molecule has 0 spiro atoms. The molecule has 2 heterocycles. The Labute approximate surface area is 125 Å². The Kier molecular flexibility index (Phi) is 3.57. The molecule has 1 aromatic carbocycles. The van der Waals surface area contributed by atoms with E-state index in [0.717, 1.165) is 6.07 Å². The SMILES string of the molecule is COc1ccc2c(C(=O)Nc3ccccn3)cc(=O)oc2c1. The fourth-order valence-corrected chi connectivity index (χ4v) is 2.08. The monoisotopic (exact) mass is 296 g/mol. The smallest absolute Gasteiger partial charge is 0.337 e. The number of amides is 1. The van der Waals surface area contributed by atoms with Crippen LogP contribution in [0.5, 0.6) is 5.75 Å². The van der Waals surface area contributed by atoms with Gasteiger partial charge < -0.3 is 14.5 Å². The lowest BCUT2D eigenvalue weighted by molar-refractivity contribution is 0.102. The summed E-state index contributed by atoms with van der Waals surface area (Å²) in [4.78, 5) is 28.1. The number of methoxy groups -OCH3 is 1. The van der Waals surface area contributed by atoms with Crippen LogP contribution in [0, 0.1) is 0 Å². The van der Waals surface area contributed by atoms with E-state index in [0.29, 0.717) is 17.0 Å². The van der Waals surface area contributed by atoms with Crippen LogP contribution in [0.4, 0.5) is 5.82 Å². The molecule has 6 nitrogen and oxygen atoms in total. The lowest BCUT2D eigenvalue weighted by Gasteiger charge is -2.07. The Bertz CT molecular complexity index is 888. The zero-order chi connectivity index (χ0) is 15.5. The molecule has 22 heavy (non-hydrogen) atoms. The Hall–Kier alpha value is -3.15. The summed E-state index contributed by atoms with van der Waals surface area (Å²) in [7, 11) is 1.51. The first-order valence-electron chi connectivity index (χ1n) is 6.51. The van der Waals surface area contributed by atoms with E-state index in [-0.39, 0.29) is 11.1 Å². The van der Waals surface area contributed by atoms with Crippen LogP contribution in [0.2, 0.25) is 0 Å². The first kappa shape index (κ1) is 13.8. The molecule has 0 radical (unpaired) electrons.